The van der Waals surface area contributed by atoms with Gasteiger partial charge in [-0.2, -0.15) is 5.10 Å². The third kappa shape index (κ3) is 4.31. The van der Waals surface area contributed by atoms with Crippen molar-refractivity contribution >= 4 is 12.1 Å². The van der Waals surface area contributed by atoms with Crippen LogP contribution in [-0.4, -0.2) is 18.7 Å². The van der Waals surface area contributed by atoms with Crippen LogP contribution in [-0.2, 0) is 4.79 Å². The van der Waals surface area contributed by atoms with Crippen LogP contribution in [0.15, 0.2) is 52.0 Å². The van der Waals surface area contributed by atoms with Crippen LogP contribution in [0.2, 0.25) is 0 Å². The van der Waals surface area contributed by atoms with Crippen molar-refractivity contribution in [3.05, 3.63) is 54.0 Å². The average molecular weight is 258 g/mol. The number of carbonyl (C=O) groups is 1. The van der Waals surface area contributed by atoms with Crippen molar-refractivity contribution in [2.75, 3.05) is 6.61 Å². The standard InChI is InChI=1S/C14H14N2O3/c1-11-7-8-13(19-11)9-15-16-14(17)10-18-12-5-3-2-4-6-12/h2-9H,10H2,1H3,(H,16,17). The van der Waals surface area contributed by atoms with Crippen LogP contribution < -0.4 is 10.2 Å². The molecule has 1 aromatic carbocycles. The molecule has 5 heteroatoms. The van der Waals surface area contributed by atoms with Gasteiger partial charge in [0.1, 0.15) is 17.3 Å². The molecule has 1 amide bonds. The number of rotatable bonds is 5. The van der Waals surface area contributed by atoms with E-state index in [0.29, 0.717) is 11.5 Å². The highest BCUT2D eigenvalue weighted by Crippen LogP contribution is 2.07. The van der Waals surface area contributed by atoms with Crippen molar-refractivity contribution in [3.63, 3.8) is 0 Å². The Kier molecular flexibility index (Phi) is 4.34. The van der Waals surface area contributed by atoms with E-state index in [9.17, 15) is 4.79 Å². The second kappa shape index (κ2) is 6.39. The van der Waals surface area contributed by atoms with Gasteiger partial charge >= 0.3 is 0 Å². The highest BCUT2D eigenvalue weighted by Gasteiger charge is 2.00. The predicted molar refractivity (Wildman–Crippen MR) is 71.1 cm³/mol. The van der Waals surface area contributed by atoms with Gasteiger partial charge in [-0.15, -0.1) is 0 Å². The molecule has 0 atom stereocenters. The van der Waals surface area contributed by atoms with E-state index in [2.05, 4.69) is 10.5 Å². The lowest BCUT2D eigenvalue weighted by Gasteiger charge is -2.03. The molecule has 1 heterocycles. The van der Waals surface area contributed by atoms with Crippen LogP contribution in [0.25, 0.3) is 0 Å². The summed E-state index contributed by atoms with van der Waals surface area (Å²) in [6.45, 7) is 1.75. The lowest BCUT2D eigenvalue weighted by Crippen LogP contribution is -2.24. The maximum absolute atomic E-state index is 11.4. The number of hydrogen-bond acceptors (Lipinski definition) is 4. The second-order valence-electron chi connectivity index (χ2n) is 3.84. The van der Waals surface area contributed by atoms with Crippen molar-refractivity contribution in [2.24, 2.45) is 5.10 Å². The molecule has 0 saturated heterocycles. The lowest BCUT2D eigenvalue weighted by molar-refractivity contribution is -0.123. The zero-order valence-electron chi connectivity index (χ0n) is 10.5. The number of hydrazone groups is 1. The molecule has 0 aliphatic rings. The summed E-state index contributed by atoms with van der Waals surface area (Å²) in [5.74, 6) is 1.69. The summed E-state index contributed by atoms with van der Waals surface area (Å²) in [5.41, 5.74) is 2.36. The van der Waals surface area contributed by atoms with Gasteiger partial charge in [0.15, 0.2) is 6.61 Å². The molecule has 0 spiro atoms. The molecular formula is C14H14N2O3. The van der Waals surface area contributed by atoms with Gasteiger partial charge < -0.3 is 9.15 Å². The van der Waals surface area contributed by atoms with Crippen molar-refractivity contribution in [3.8, 4) is 5.75 Å². The van der Waals surface area contributed by atoms with E-state index in [1.807, 2.05) is 31.2 Å². The molecule has 0 bridgehead atoms. The molecule has 5 nitrogen and oxygen atoms in total. The van der Waals surface area contributed by atoms with Crippen LogP contribution in [0.1, 0.15) is 11.5 Å². The molecule has 2 rings (SSSR count). The smallest absolute Gasteiger partial charge is 0.277 e. The third-order valence-electron chi connectivity index (χ3n) is 2.26. The molecule has 1 N–H and O–H groups in total. The van der Waals surface area contributed by atoms with Crippen molar-refractivity contribution < 1.29 is 13.9 Å². The number of carbonyl (C=O) groups excluding carboxylic acids is 1. The van der Waals surface area contributed by atoms with E-state index in [0.717, 1.165) is 5.76 Å². The zero-order chi connectivity index (χ0) is 13.5. The van der Waals surface area contributed by atoms with Gasteiger partial charge in [-0.05, 0) is 31.2 Å². The molecule has 2 aromatic rings. The van der Waals surface area contributed by atoms with Crippen LogP contribution in [0.3, 0.4) is 0 Å². The minimum Gasteiger partial charge on any atom is -0.484 e. The number of furan rings is 1. The Bertz CT molecular complexity index is 561. The first-order chi connectivity index (χ1) is 9.24. The number of amides is 1. The fourth-order valence-electron chi connectivity index (χ4n) is 1.39. The highest BCUT2D eigenvalue weighted by atomic mass is 16.5. The molecule has 1 aromatic heterocycles. The molecule has 0 aliphatic heterocycles. The van der Waals surface area contributed by atoms with E-state index >= 15 is 0 Å². The van der Waals surface area contributed by atoms with Gasteiger partial charge in [0.2, 0.25) is 0 Å². The average Bonchev–Trinajstić information content (AvgIpc) is 2.83. The summed E-state index contributed by atoms with van der Waals surface area (Å²) in [7, 11) is 0. The molecule has 0 aliphatic carbocycles. The van der Waals surface area contributed by atoms with E-state index in [-0.39, 0.29) is 12.5 Å². The number of benzene rings is 1. The lowest BCUT2D eigenvalue weighted by atomic mass is 10.3. The molecular weight excluding hydrogens is 244 g/mol. The quantitative estimate of drug-likeness (QED) is 0.660. The van der Waals surface area contributed by atoms with Crippen molar-refractivity contribution in [1.29, 1.82) is 0 Å². The van der Waals surface area contributed by atoms with E-state index in [1.54, 1.807) is 18.2 Å². The monoisotopic (exact) mass is 258 g/mol. The molecule has 0 unspecified atom stereocenters. The van der Waals surface area contributed by atoms with E-state index < -0.39 is 0 Å². The minimum atomic E-state index is -0.330. The van der Waals surface area contributed by atoms with Crippen LogP contribution in [0.4, 0.5) is 0 Å². The predicted octanol–water partition coefficient (Wildman–Crippen LogP) is 2.12. The summed E-state index contributed by atoms with van der Waals surface area (Å²) < 4.78 is 10.5. The first-order valence-electron chi connectivity index (χ1n) is 5.80. The summed E-state index contributed by atoms with van der Waals surface area (Å²) >= 11 is 0. The summed E-state index contributed by atoms with van der Waals surface area (Å²) in [6.07, 6.45) is 1.44. The number of nitrogens with one attached hydrogen (secondary N) is 1. The topological polar surface area (TPSA) is 63.8 Å². The van der Waals surface area contributed by atoms with Gasteiger partial charge in [0.05, 0.1) is 6.21 Å². The summed E-state index contributed by atoms with van der Waals surface area (Å²) in [4.78, 5) is 11.4. The Labute approximate surface area is 110 Å². The number of nitrogens with zero attached hydrogens (tertiary/aromatic N) is 1. The second-order valence-corrected chi connectivity index (χ2v) is 3.84. The molecule has 0 fully saturated rings. The van der Waals surface area contributed by atoms with Crippen molar-refractivity contribution in [1.82, 2.24) is 5.43 Å². The van der Waals surface area contributed by atoms with Gasteiger partial charge in [-0.3, -0.25) is 4.79 Å². The van der Waals surface area contributed by atoms with Gasteiger partial charge in [-0.1, -0.05) is 18.2 Å². The summed E-state index contributed by atoms with van der Waals surface area (Å²) in [5, 5.41) is 3.77. The SMILES string of the molecule is Cc1ccc(C=NNC(=O)COc2ccccc2)o1. The molecule has 19 heavy (non-hydrogen) atoms. The Balaban J connectivity index is 1.74. The first kappa shape index (κ1) is 12.9. The summed E-state index contributed by atoms with van der Waals surface area (Å²) in [6, 6.07) is 12.7. The fourth-order valence-corrected chi connectivity index (χ4v) is 1.39. The van der Waals surface area contributed by atoms with Gasteiger partial charge in [0, 0.05) is 0 Å². The number of hydrogen-bond donors (Lipinski definition) is 1. The highest BCUT2D eigenvalue weighted by molar-refractivity contribution is 5.81. The van der Waals surface area contributed by atoms with Gasteiger partial charge in [-0.25, -0.2) is 5.43 Å². The van der Waals surface area contributed by atoms with Crippen LogP contribution in [0, 0.1) is 6.92 Å². The number of aryl methyl sites for hydroxylation is 1. The largest absolute Gasteiger partial charge is 0.484 e. The molecule has 98 valence electrons. The Morgan fingerprint density at radius 1 is 1.32 bits per heavy atom. The van der Waals surface area contributed by atoms with Gasteiger partial charge in [0.25, 0.3) is 5.91 Å². The molecule has 0 saturated carbocycles. The Hall–Kier alpha value is -2.56. The van der Waals surface area contributed by atoms with Crippen LogP contribution >= 0.6 is 0 Å². The number of para-hydroxylation sites is 1. The maximum atomic E-state index is 11.4. The fraction of sp³-hybridized carbons (Fsp3) is 0.143. The minimum absolute atomic E-state index is 0.0848. The first-order valence-corrected chi connectivity index (χ1v) is 5.80. The van der Waals surface area contributed by atoms with E-state index in [1.165, 1.54) is 6.21 Å². The van der Waals surface area contributed by atoms with Crippen LogP contribution in [0.5, 0.6) is 5.75 Å². The maximum Gasteiger partial charge on any atom is 0.277 e. The van der Waals surface area contributed by atoms with E-state index in [4.69, 9.17) is 9.15 Å². The normalized spacial score (nSPS) is 10.6. The Morgan fingerprint density at radius 3 is 2.79 bits per heavy atom. The zero-order valence-corrected chi connectivity index (χ0v) is 10.5. The third-order valence-corrected chi connectivity index (χ3v) is 2.26. The number of ether oxygens (including phenoxy) is 1. The molecule has 0 radical (unpaired) electrons. The van der Waals surface area contributed by atoms with Crippen molar-refractivity contribution in [2.45, 2.75) is 6.92 Å². The Morgan fingerprint density at radius 2 is 2.11 bits per heavy atom.